The molecule has 13 heteroatoms. The molecule has 0 bridgehead atoms. The molecular weight excluding hydrogens is 531 g/mol. The molecule has 1 saturated heterocycles. The van der Waals surface area contributed by atoms with Crippen LogP contribution in [0.5, 0.6) is 5.88 Å². The zero-order chi connectivity index (χ0) is 27.8. The highest BCUT2D eigenvalue weighted by molar-refractivity contribution is 6.30. The number of hydrogen-bond acceptors (Lipinski definition) is 10. The molecule has 0 saturated carbocycles. The summed E-state index contributed by atoms with van der Waals surface area (Å²) in [6.07, 6.45) is 0.473. The number of benzene rings is 1. The van der Waals surface area contributed by atoms with E-state index in [1.54, 1.807) is 18.2 Å². The van der Waals surface area contributed by atoms with Gasteiger partial charge in [0.2, 0.25) is 5.91 Å². The van der Waals surface area contributed by atoms with Crippen LogP contribution in [0.15, 0.2) is 42.6 Å². The van der Waals surface area contributed by atoms with Crippen molar-refractivity contribution < 1.29 is 28.2 Å². The summed E-state index contributed by atoms with van der Waals surface area (Å²) >= 11 is 6.06. The number of carbonyl (C=O) groups excluding carboxylic acids is 2. The van der Waals surface area contributed by atoms with Crippen LogP contribution in [0, 0.1) is 5.82 Å². The minimum atomic E-state index is -0.775. The number of nitrogens with zero attached hydrogens (tertiary/aromatic N) is 4. The summed E-state index contributed by atoms with van der Waals surface area (Å²) in [5.74, 6) is -0.258. The number of nitrogens with one attached hydrogen (secondary N) is 2. The Bertz CT molecular complexity index is 1330. The number of aromatic nitrogens is 3. The third-order valence-electron chi connectivity index (χ3n) is 5.88. The van der Waals surface area contributed by atoms with Gasteiger partial charge in [-0.3, -0.25) is 4.79 Å². The topological polar surface area (TPSA) is 128 Å². The predicted octanol–water partition coefficient (Wildman–Crippen LogP) is 4.66. The molecule has 4 rings (SSSR count). The molecule has 3 heterocycles. The van der Waals surface area contributed by atoms with E-state index in [-0.39, 0.29) is 36.3 Å². The second-order valence-corrected chi connectivity index (χ2v) is 9.00. The van der Waals surface area contributed by atoms with Crippen LogP contribution in [0.3, 0.4) is 0 Å². The number of carbonyl (C=O) groups is 2. The molecule has 0 radical (unpaired) electrons. The lowest BCUT2D eigenvalue weighted by molar-refractivity contribution is -0.116. The maximum atomic E-state index is 14.5. The van der Waals surface area contributed by atoms with Crippen molar-refractivity contribution in [2.75, 3.05) is 43.5 Å². The van der Waals surface area contributed by atoms with Gasteiger partial charge < -0.3 is 29.7 Å². The van der Waals surface area contributed by atoms with Gasteiger partial charge in [0, 0.05) is 41.5 Å². The highest BCUT2D eigenvalue weighted by Gasteiger charge is 2.26. The maximum absolute atomic E-state index is 14.5. The van der Waals surface area contributed by atoms with Crippen LogP contribution in [0.25, 0.3) is 11.3 Å². The number of halogens is 2. The van der Waals surface area contributed by atoms with Crippen molar-refractivity contribution in [3.63, 3.8) is 0 Å². The largest absolute Gasteiger partial charge is 0.508 e. The molecule has 11 nitrogen and oxygen atoms in total. The molecule has 3 aromatic rings. The molecular formula is C26H28ClFN6O5. The fourth-order valence-corrected chi connectivity index (χ4v) is 3.93. The minimum Gasteiger partial charge on any atom is -0.471 e. The van der Waals surface area contributed by atoms with Crippen LogP contribution >= 0.6 is 11.6 Å². The first-order valence-electron chi connectivity index (χ1n) is 12.4. The first-order valence-corrected chi connectivity index (χ1v) is 12.8. The van der Waals surface area contributed by atoms with Gasteiger partial charge in [0.05, 0.1) is 5.69 Å². The molecule has 2 N–H and O–H groups in total. The van der Waals surface area contributed by atoms with E-state index >= 15 is 0 Å². The van der Waals surface area contributed by atoms with E-state index in [4.69, 9.17) is 25.8 Å². The summed E-state index contributed by atoms with van der Waals surface area (Å²) in [6, 6.07) is 9.00. The third kappa shape index (κ3) is 7.74. The van der Waals surface area contributed by atoms with Gasteiger partial charge >= 0.3 is 6.16 Å². The number of hydrogen-bond donors (Lipinski definition) is 2. The normalized spacial score (nSPS) is 14.6. The molecule has 1 aliphatic rings. The average Bonchev–Trinajstić information content (AvgIpc) is 3.35. The van der Waals surface area contributed by atoms with E-state index in [1.807, 2.05) is 13.8 Å². The van der Waals surface area contributed by atoms with Gasteiger partial charge in [-0.05, 0) is 43.4 Å². The lowest BCUT2D eigenvalue weighted by Gasteiger charge is -2.17. The van der Waals surface area contributed by atoms with Crippen molar-refractivity contribution in [2.45, 2.75) is 26.4 Å². The fraction of sp³-hybridized carbons (Fsp3) is 0.346. The Labute approximate surface area is 229 Å². The molecule has 1 unspecified atom stereocenters. The number of cyclic esters (lactones) is 2. The Morgan fingerprint density at radius 3 is 2.77 bits per heavy atom. The first kappa shape index (κ1) is 28.0. The van der Waals surface area contributed by atoms with Crippen LogP contribution in [0.4, 0.5) is 26.4 Å². The quantitative estimate of drug-likeness (QED) is 0.303. The van der Waals surface area contributed by atoms with Gasteiger partial charge in [0.25, 0.3) is 5.88 Å². The molecule has 1 aliphatic heterocycles. The highest BCUT2D eigenvalue weighted by Crippen LogP contribution is 2.32. The van der Waals surface area contributed by atoms with Crippen LogP contribution < -0.4 is 15.4 Å². The van der Waals surface area contributed by atoms with E-state index < -0.39 is 18.1 Å². The summed E-state index contributed by atoms with van der Waals surface area (Å²) < 4.78 is 30.1. The van der Waals surface area contributed by atoms with Crippen molar-refractivity contribution >= 4 is 40.9 Å². The summed E-state index contributed by atoms with van der Waals surface area (Å²) in [7, 11) is 0. The molecule has 1 atom stereocenters. The van der Waals surface area contributed by atoms with E-state index in [0.717, 1.165) is 13.1 Å². The van der Waals surface area contributed by atoms with E-state index in [0.29, 0.717) is 35.2 Å². The van der Waals surface area contributed by atoms with Crippen LogP contribution in [0.2, 0.25) is 5.02 Å². The van der Waals surface area contributed by atoms with E-state index in [9.17, 15) is 14.0 Å². The molecule has 1 amide bonds. The maximum Gasteiger partial charge on any atom is 0.508 e. The highest BCUT2D eigenvalue weighted by atomic mass is 35.5. The van der Waals surface area contributed by atoms with Crippen LogP contribution in [-0.4, -0.2) is 71.1 Å². The van der Waals surface area contributed by atoms with Gasteiger partial charge in [-0.2, -0.15) is 0 Å². The Balaban J connectivity index is 1.54. The first-order chi connectivity index (χ1) is 18.8. The number of pyridine rings is 1. The van der Waals surface area contributed by atoms with Gasteiger partial charge in [-0.25, -0.2) is 14.2 Å². The van der Waals surface area contributed by atoms with Gasteiger partial charge in [-0.1, -0.05) is 25.4 Å². The lowest BCUT2D eigenvalue weighted by Crippen LogP contribution is -2.27. The van der Waals surface area contributed by atoms with Crippen molar-refractivity contribution in [1.29, 1.82) is 0 Å². The van der Waals surface area contributed by atoms with Crippen molar-refractivity contribution in [3.05, 3.63) is 53.4 Å². The van der Waals surface area contributed by atoms with Crippen LogP contribution in [-0.2, 0) is 14.3 Å². The minimum absolute atomic E-state index is 0.0375. The lowest BCUT2D eigenvalue weighted by atomic mass is 10.1. The molecule has 39 heavy (non-hydrogen) atoms. The van der Waals surface area contributed by atoms with Crippen molar-refractivity contribution in [1.82, 2.24) is 20.1 Å². The number of amides is 1. The SMILES string of the molecule is CCN(CC)CCC(=O)Nc1cc(Nc2cc(-c3cc(Cl)ccc3F)nnc2OCC2COC(=O)O2)ccn1. The molecule has 0 aliphatic carbocycles. The average molecular weight is 559 g/mol. The summed E-state index contributed by atoms with van der Waals surface area (Å²) in [6.45, 7) is 6.47. The zero-order valence-corrected chi connectivity index (χ0v) is 22.2. The zero-order valence-electron chi connectivity index (χ0n) is 21.4. The van der Waals surface area contributed by atoms with Gasteiger partial charge in [-0.15, -0.1) is 10.2 Å². The van der Waals surface area contributed by atoms with Crippen LogP contribution in [0.1, 0.15) is 20.3 Å². The Hall–Kier alpha value is -4.03. The Morgan fingerprint density at radius 2 is 2.03 bits per heavy atom. The third-order valence-corrected chi connectivity index (χ3v) is 6.11. The van der Waals surface area contributed by atoms with Gasteiger partial charge in [0.15, 0.2) is 6.10 Å². The summed E-state index contributed by atoms with van der Waals surface area (Å²) in [4.78, 5) is 30.0. The monoisotopic (exact) mass is 558 g/mol. The Morgan fingerprint density at radius 1 is 1.21 bits per heavy atom. The van der Waals surface area contributed by atoms with E-state index in [2.05, 4.69) is 30.7 Å². The molecule has 2 aromatic heterocycles. The molecule has 1 fully saturated rings. The summed E-state index contributed by atoms with van der Waals surface area (Å²) in [5.41, 5.74) is 1.25. The second kappa shape index (κ2) is 13.2. The van der Waals surface area contributed by atoms with Crippen molar-refractivity contribution in [2.24, 2.45) is 0 Å². The number of anilines is 3. The molecule has 206 valence electrons. The second-order valence-electron chi connectivity index (χ2n) is 8.56. The van der Waals surface area contributed by atoms with Gasteiger partial charge in [0.1, 0.15) is 30.5 Å². The Kier molecular flexibility index (Phi) is 9.45. The van der Waals surface area contributed by atoms with E-state index in [1.165, 1.54) is 24.4 Å². The standard InChI is InChI=1S/C26H28ClFN6O5/c1-3-34(4-2)10-8-24(35)31-23-12-17(7-9-29-23)30-22-13-21(19-11-16(27)5-6-20(19)28)32-33-25(22)37-14-18-15-38-26(36)39-18/h5-7,9,11-13,18H,3-4,8,10,14-15H2,1-2H3,(H2,29,30,31,32,35). The smallest absolute Gasteiger partial charge is 0.471 e. The fourth-order valence-electron chi connectivity index (χ4n) is 3.76. The predicted molar refractivity (Wildman–Crippen MR) is 143 cm³/mol. The number of ether oxygens (including phenoxy) is 3. The molecule has 0 spiro atoms. The summed E-state index contributed by atoms with van der Waals surface area (Å²) in [5, 5.41) is 14.5. The number of rotatable bonds is 12. The van der Waals surface area contributed by atoms with Crippen molar-refractivity contribution in [3.8, 4) is 17.1 Å². The molecule has 1 aromatic carbocycles.